The number of nitrogens with two attached hydrogens (primary N) is 4. The fourth-order valence-electron chi connectivity index (χ4n) is 13.6. The highest BCUT2D eigenvalue weighted by Crippen LogP contribution is 2.23. The van der Waals surface area contributed by atoms with Crippen LogP contribution in [0.3, 0.4) is 0 Å². The number of aromatic hydroxyl groups is 2. The van der Waals surface area contributed by atoms with Gasteiger partial charge in [-0.3, -0.25) is 86.9 Å². The third kappa shape index (κ3) is 34.8. The van der Waals surface area contributed by atoms with E-state index in [-0.39, 0.29) is 101 Å². The third-order valence-electron chi connectivity index (χ3n) is 21.3. The first-order valence-electron chi connectivity index (χ1n) is 42.1. The van der Waals surface area contributed by atoms with Gasteiger partial charge in [-0.25, -0.2) is 4.79 Å². The molecule has 30 N–H and O–H groups in total. The lowest BCUT2D eigenvalue weighted by atomic mass is 9.96. The molecule has 0 spiro atoms. The predicted octanol–water partition coefficient (Wildman–Crippen LogP) is -8.25. The van der Waals surface area contributed by atoms with Gasteiger partial charge < -0.3 is 143 Å². The van der Waals surface area contributed by atoms with Gasteiger partial charge in [0.25, 0.3) is 0 Å². The summed E-state index contributed by atoms with van der Waals surface area (Å²) in [4.78, 5) is 249. The van der Waals surface area contributed by atoms with Crippen LogP contribution >= 0.6 is 0 Å². The predicted molar refractivity (Wildman–Crippen MR) is 455 cm³/mol. The lowest BCUT2D eigenvalue weighted by Gasteiger charge is -2.30. The maximum atomic E-state index is 14.6. The Balaban J connectivity index is 1.45. The molecule has 0 radical (unpaired) electrons. The highest BCUT2D eigenvalue weighted by atomic mass is 16.4. The number of phenols is 2. The average Bonchev–Trinajstić information content (AvgIpc) is 1.72. The number of unbranched alkanes of at least 4 members (excludes halogenated alkanes) is 1. The Morgan fingerprint density at radius 3 is 1.38 bits per heavy atom. The van der Waals surface area contributed by atoms with E-state index in [0.717, 1.165) is 25.7 Å². The van der Waals surface area contributed by atoms with Crippen molar-refractivity contribution in [2.24, 2.45) is 40.7 Å². The van der Waals surface area contributed by atoms with E-state index in [0.29, 0.717) is 30.4 Å². The fraction of sp³-hybridized carbons (Fsp3) is 0.617. The molecule has 0 aliphatic carbocycles. The monoisotopic (exact) mass is 1790 g/mol. The minimum Gasteiger partial charge on any atom is -0.508 e. The second-order valence-corrected chi connectivity index (χ2v) is 32.3. The summed E-state index contributed by atoms with van der Waals surface area (Å²) in [5, 5.41) is 106. The van der Waals surface area contributed by atoms with E-state index in [1.807, 2.05) is 0 Å². The summed E-state index contributed by atoms with van der Waals surface area (Å²) in [7, 11) is 0. The Labute approximate surface area is 734 Å². The lowest BCUT2D eigenvalue weighted by Crippen LogP contribution is -2.63. The van der Waals surface area contributed by atoms with Crippen molar-refractivity contribution in [1.29, 1.82) is 5.41 Å². The highest BCUT2D eigenvalue weighted by Gasteiger charge is 2.44. The zero-order chi connectivity index (χ0) is 95.4. The topological polar surface area (TPSA) is 744 Å². The number of primary amides is 1. The summed E-state index contributed by atoms with van der Waals surface area (Å²) in [6, 6.07) is -11.6. The summed E-state index contributed by atoms with van der Waals surface area (Å²) in [5.41, 5.74) is 23.6. The number of benzene rings is 2. The first-order valence-corrected chi connectivity index (χ1v) is 42.1. The van der Waals surface area contributed by atoms with Gasteiger partial charge in [-0.15, -0.1) is 0 Å². The molecule has 0 saturated carbocycles. The number of nitrogens with one attached hydrogen (secondary N) is 16. The Bertz CT molecular complexity index is 4160. The molecule has 0 bridgehead atoms. The molecular weight excluding hydrogens is 1670 g/mol. The molecule has 2 heterocycles. The van der Waals surface area contributed by atoms with Crippen molar-refractivity contribution >= 4 is 112 Å². The van der Waals surface area contributed by atoms with Crippen molar-refractivity contribution in [1.82, 2.24) is 89.6 Å². The zero-order valence-electron chi connectivity index (χ0n) is 73.0. The zero-order valence-corrected chi connectivity index (χ0v) is 73.0. The third-order valence-corrected chi connectivity index (χ3v) is 21.3. The quantitative estimate of drug-likeness (QED) is 0.0166. The van der Waals surface area contributed by atoms with Crippen molar-refractivity contribution < 1.29 is 117 Å². The second kappa shape index (κ2) is 52.5. The van der Waals surface area contributed by atoms with Gasteiger partial charge in [0.2, 0.25) is 100 Å². The summed E-state index contributed by atoms with van der Waals surface area (Å²) in [6.45, 7) is 12.1. The molecule has 2 fully saturated rings. The second-order valence-electron chi connectivity index (χ2n) is 32.3. The van der Waals surface area contributed by atoms with Crippen LogP contribution in [0.1, 0.15) is 151 Å². The number of nitrogens with zero attached hydrogens (tertiary/aromatic N) is 2. The number of amides is 17. The molecular formula is C81H128N22O24. The summed E-state index contributed by atoms with van der Waals surface area (Å²) >= 11 is 0. The molecule has 127 heavy (non-hydrogen) atoms. The number of guanidine groups is 1. The van der Waals surface area contributed by atoms with Gasteiger partial charge >= 0.3 is 5.97 Å². The lowest BCUT2D eigenvalue weighted by molar-refractivity contribution is -0.146. The van der Waals surface area contributed by atoms with Crippen molar-refractivity contribution in [3.05, 3.63) is 59.7 Å². The van der Waals surface area contributed by atoms with Crippen LogP contribution in [-0.4, -0.2) is 302 Å². The molecule has 0 aromatic heterocycles. The molecule has 18 atom stereocenters. The SMILES string of the molecule is CC[C@H](C)[C@H](NC(=O)[C@H](CCCCN)NC(=O)[C@H](Cc1ccc(O)cc1)NC(=O)[C@@H](NC(=O)CNC(=O)[C@@H]1CCCN1C(=O)[C@@H](N)C(C)C)[C@@H](C)O)C(=O)N[C@H](C(=O)N[C@@H](C)C(=O)N[C@@H](CO)C(=O)N[C@@H](C)C(=O)N[C@@H](CCCNC(=N)N)C(=O)NCC(=O)N[C@@H](Cc1ccc(O)cc1)C(=O)N[C@@H](CC(N)=O)C(=O)N1CCC[C@H]1C(=O)N[C@H](C(=O)O)C(C)C)[C@@H](C)O. The smallest absolute Gasteiger partial charge is 0.326 e. The summed E-state index contributed by atoms with van der Waals surface area (Å²) in [6.07, 6.45) is -3.20. The van der Waals surface area contributed by atoms with E-state index in [2.05, 4.69) is 79.8 Å². The molecule has 2 aromatic rings. The van der Waals surface area contributed by atoms with E-state index >= 15 is 0 Å². The molecule has 46 nitrogen and oxygen atoms in total. The number of likely N-dealkylation sites (tertiary alicyclic amines) is 2. The number of carbonyl (C=O) groups excluding carboxylic acids is 17. The molecule has 4 rings (SSSR count). The van der Waals surface area contributed by atoms with Gasteiger partial charge in [0.1, 0.15) is 96.1 Å². The van der Waals surface area contributed by atoms with Crippen molar-refractivity contribution in [2.45, 2.75) is 256 Å². The number of phenolic OH excluding ortho intramolecular Hbond substituents is 2. The number of aliphatic carboxylic acids is 1. The van der Waals surface area contributed by atoms with E-state index in [1.54, 1.807) is 41.5 Å². The van der Waals surface area contributed by atoms with E-state index in [1.165, 1.54) is 60.4 Å². The van der Waals surface area contributed by atoms with Crippen molar-refractivity contribution in [3.8, 4) is 11.5 Å². The molecule has 706 valence electrons. The Morgan fingerprint density at radius 1 is 0.457 bits per heavy atom. The van der Waals surface area contributed by atoms with Gasteiger partial charge in [0, 0.05) is 32.5 Å². The molecule has 2 saturated heterocycles. The van der Waals surface area contributed by atoms with Gasteiger partial charge in [-0.1, -0.05) is 72.2 Å². The summed E-state index contributed by atoms with van der Waals surface area (Å²) < 4.78 is 0. The number of carboxylic acids is 1. The van der Waals surface area contributed by atoms with Crippen LogP contribution in [0.25, 0.3) is 0 Å². The fourth-order valence-corrected chi connectivity index (χ4v) is 13.6. The molecule has 17 amide bonds. The van der Waals surface area contributed by atoms with E-state index in [4.69, 9.17) is 28.3 Å². The minimum atomic E-state index is -1.88. The van der Waals surface area contributed by atoms with Crippen molar-refractivity contribution in [3.63, 3.8) is 0 Å². The number of carbonyl (C=O) groups is 18. The molecule has 2 aliphatic heterocycles. The number of carboxylic acid groups (broad SMARTS) is 1. The number of hydrogen-bond acceptors (Lipinski definition) is 26. The number of hydrogen-bond donors (Lipinski definition) is 26. The van der Waals surface area contributed by atoms with Crippen LogP contribution in [0, 0.1) is 23.2 Å². The molecule has 2 aliphatic rings. The van der Waals surface area contributed by atoms with Gasteiger partial charge in [-0.2, -0.15) is 0 Å². The number of aliphatic hydroxyl groups is 3. The van der Waals surface area contributed by atoms with Crippen LogP contribution in [-0.2, 0) is 99.1 Å². The maximum absolute atomic E-state index is 14.6. The van der Waals surface area contributed by atoms with Crippen LogP contribution < -0.4 is 103 Å². The van der Waals surface area contributed by atoms with Crippen LogP contribution in [0.2, 0.25) is 0 Å². The van der Waals surface area contributed by atoms with Crippen LogP contribution in [0.5, 0.6) is 11.5 Å². The first kappa shape index (κ1) is 107. The van der Waals surface area contributed by atoms with Crippen LogP contribution in [0.15, 0.2) is 48.5 Å². The Hall–Kier alpha value is -12.4. The number of aliphatic hydroxyl groups excluding tert-OH is 3. The Kier molecular flexibility index (Phi) is 44.2. The largest absolute Gasteiger partial charge is 0.508 e. The molecule has 0 unspecified atom stereocenters. The van der Waals surface area contributed by atoms with Gasteiger partial charge in [0.05, 0.1) is 44.4 Å². The van der Waals surface area contributed by atoms with Gasteiger partial charge in [0.15, 0.2) is 5.96 Å². The minimum absolute atomic E-state index is 0.0196. The van der Waals surface area contributed by atoms with Crippen LogP contribution in [0.4, 0.5) is 0 Å². The van der Waals surface area contributed by atoms with Gasteiger partial charge in [-0.05, 0) is 145 Å². The summed E-state index contributed by atoms with van der Waals surface area (Å²) in [5.74, 6) is -20.2. The first-order chi connectivity index (χ1) is 59.7. The van der Waals surface area contributed by atoms with E-state index < -0.39 is 253 Å². The molecule has 46 heteroatoms. The highest BCUT2D eigenvalue weighted by molar-refractivity contribution is 6.01. The normalized spacial score (nSPS) is 17.4. The maximum Gasteiger partial charge on any atom is 0.326 e. The Morgan fingerprint density at radius 2 is 0.882 bits per heavy atom. The standard InChI is InChI=1S/C81H128N22O24/c1-11-41(6)63(100-69(115)51(17-12-13-29-82)94-71(117)53(34-47-23-27-49(108)28-24-47)95-77(123)64(44(9)105)98-60(111)37-89-73(119)56-19-15-32-103(56)79(125)61(84)39(2)3)75(121)101-65(45(10)106)76(122)91-43(8)67(113)97-55(38-104)72(118)90-42(7)66(112)93-50(18-14-30-87-81(85)86)68(114)88-36-59(110)92-52(33-46-21-25-48(107)26-22-46)70(116)96-54(35-58(83)109)78(124)102-31-16-20-57(102)74(120)99-62(40(4)5)80(126)127/h21-28,39-45,50-57,61-65,104-108H,11-20,29-38,82,84H2,1-10H3,(H2,83,109)(H,88,114)(H,89,119)(H,90,118)(H,91,122)(H,92,110)(H,93,112)(H,94,117)(H,95,123)(H,96,116)(H,97,113)(H,98,111)(H,99,120)(H,100,115)(H,101,121)(H,126,127)(H4,85,86,87)/t41-,42-,43-,44+,45+,50-,51-,52-,53-,54-,55-,56-,57-,61-,62-,63-,64-,65-/m0/s1. The average molecular weight is 1790 g/mol. The number of rotatable bonds is 52. The van der Waals surface area contributed by atoms with E-state index in [9.17, 15) is 117 Å². The molecule has 2 aromatic carbocycles. The van der Waals surface area contributed by atoms with Crippen molar-refractivity contribution in [2.75, 3.05) is 45.9 Å².